The van der Waals surface area contributed by atoms with Gasteiger partial charge < -0.3 is 5.32 Å². The van der Waals surface area contributed by atoms with E-state index in [2.05, 4.69) is 62.5 Å². The number of rotatable bonds is 8. The minimum Gasteiger partial charge on any atom is -0.349 e. The summed E-state index contributed by atoms with van der Waals surface area (Å²) in [5, 5.41) is 3.21. The third-order valence-corrected chi connectivity index (χ3v) is 4.88. The number of hydrogen-bond donors (Lipinski definition) is 1. The van der Waals surface area contributed by atoms with Crippen LogP contribution < -0.4 is 5.32 Å². The first-order valence-electron chi connectivity index (χ1n) is 8.58. The molecule has 24 heavy (non-hydrogen) atoms. The van der Waals surface area contributed by atoms with E-state index in [9.17, 15) is 4.79 Å². The zero-order valence-electron chi connectivity index (χ0n) is 14.8. The molecular weight excluding hydrogens is 314 g/mol. The molecule has 2 nitrogen and oxygen atoms in total. The van der Waals surface area contributed by atoms with Gasteiger partial charge in [0.25, 0.3) is 0 Å². The number of amides is 1. The molecule has 1 atom stereocenters. The van der Waals surface area contributed by atoms with Gasteiger partial charge in [-0.2, -0.15) is 0 Å². The van der Waals surface area contributed by atoms with Crippen molar-refractivity contribution in [2.24, 2.45) is 5.92 Å². The Morgan fingerprint density at radius 1 is 1.04 bits per heavy atom. The molecule has 0 aliphatic heterocycles. The lowest BCUT2D eigenvalue weighted by molar-refractivity contribution is -0.121. The molecule has 0 aromatic heterocycles. The van der Waals surface area contributed by atoms with Crippen molar-refractivity contribution in [2.75, 3.05) is 5.75 Å². The summed E-state index contributed by atoms with van der Waals surface area (Å²) in [6.45, 7) is 6.46. The molecule has 0 spiro atoms. The fourth-order valence-electron chi connectivity index (χ4n) is 2.60. The summed E-state index contributed by atoms with van der Waals surface area (Å²) in [6, 6.07) is 18.8. The van der Waals surface area contributed by atoms with Crippen LogP contribution in [-0.2, 0) is 4.79 Å². The summed E-state index contributed by atoms with van der Waals surface area (Å²) in [7, 11) is 0. The molecule has 0 fully saturated rings. The Morgan fingerprint density at radius 2 is 1.71 bits per heavy atom. The Balaban J connectivity index is 1.85. The molecule has 0 aliphatic carbocycles. The third-order valence-electron chi connectivity index (χ3n) is 3.86. The quantitative estimate of drug-likeness (QED) is 0.653. The van der Waals surface area contributed by atoms with E-state index >= 15 is 0 Å². The van der Waals surface area contributed by atoms with Gasteiger partial charge in [-0.05, 0) is 37.0 Å². The Labute approximate surface area is 150 Å². The van der Waals surface area contributed by atoms with Crippen molar-refractivity contribution in [3.63, 3.8) is 0 Å². The number of benzene rings is 2. The fourth-order valence-corrected chi connectivity index (χ4v) is 3.45. The van der Waals surface area contributed by atoms with Crippen LogP contribution in [0.2, 0.25) is 0 Å². The van der Waals surface area contributed by atoms with E-state index in [1.165, 1.54) is 16.0 Å². The SMILES string of the molecule is Cc1ccc(SCCC(=O)NC(CC(C)C)c2ccccc2)cc1. The van der Waals surface area contributed by atoms with Gasteiger partial charge in [-0.1, -0.05) is 61.9 Å². The van der Waals surface area contributed by atoms with Crippen LogP contribution in [0.3, 0.4) is 0 Å². The first-order chi connectivity index (χ1) is 11.5. The van der Waals surface area contributed by atoms with Gasteiger partial charge in [0.2, 0.25) is 5.91 Å². The topological polar surface area (TPSA) is 29.1 Å². The molecule has 0 heterocycles. The Kier molecular flexibility index (Phi) is 7.38. The molecule has 1 unspecified atom stereocenters. The van der Waals surface area contributed by atoms with Crippen molar-refractivity contribution >= 4 is 17.7 Å². The highest BCUT2D eigenvalue weighted by molar-refractivity contribution is 7.99. The van der Waals surface area contributed by atoms with Crippen molar-refractivity contribution in [1.29, 1.82) is 0 Å². The molecule has 0 aliphatic rings. The molecule has 2 rings (SSSR count). The molecular formula is C21H27NOS. The molecule has 0 radical (unpaired) electrons. The predicted molar refractivity (Wildman–Crippen MR) is 103 cm³/mol. The molecule has 0 saturated heterocycles. The summed E-state index contributed by atoms with van der Waals surface area (Å²) in [5.41, 5.74) is 2.45. The van der Waals surface area contributed by atoms with Crippen LogP contribution in [0.15, 0.2) is 59.5 Å². The molecule has 1 N–H and O–H groups in total. The second-order valence-electron chi connectivity index (χ2n) is 6.57. The first kappa shape index (κ1) is 18.6. The number of carbonyl (C=O) groups is 1. The maximum Gasteiger partial charge on any atom is 0.221 e. The van der Waals surface area contributed by atoms with Crippen molar-refractivity contribution in [3.05, 3.63) is 65.7 Å². The van der Waals surface area contributed by atoms with Gasteiger partial charge in [0, 0.05) is 17.1 Å². The number of hydrogen-bond acceptors (Lipinski definition) is 2. The summed E-state index contributed by atoms with van der Waals surface area (Å²) in [5.74, 6) is 1.47. The molecule has 2 aromatic carbocycles. The Morgan fingerprint density at radius 3 is 2.33 bits per heavy atom. The van der Waals surface area contributed by atoms with E-state index in [0.29, 0.717) is 12.3 Å². The van der Waals surface area contributed by atoms with Crippen LogP contribution >= 0.6 is 11.8 Å². The minimum atomic E-state index is 0.100. The monoisotopic (exact) mass is 341 g/mol. The molecule has 1 amide bonds. The number of carbonyl (C=O) groups excluding carboxylic acids is 1. The van der Waals surface area contributed by atoms with Gasteiger partial charge in [-0.15, -0.1) is 11.8 Å². The van der Waals surface area contributed by atoms with Crippen LogP contribution in [0.4, 0.5) is 0 Å². The van der Waals surface area contributed by atoms with E-state index < -0.39 is 0 Å². The molecule has 3 heteroatoms. The van der Waals surface area contributed by atoms with Crippen molar-refractivity contribution < 1.29 is 4.79 Å². The largest absolute Gasteiger partial charge is 0.349 e. The van der Waals surface area contributed by atoms with Crippen molar-refractivity contribution in [2.45, 2.75) is 44.6 Å². The van der Waals surface area contributed by atoms with E-state index in [1.807, 2.05) is 18.2 Å². The molecule has 0 saturated carbocycles. The van der Waals surface area contributed by atoms with Crippen LogP contribution in [0.25, 0.3) is 0 Å². The van der Waals surface area contributed by atoms with Crippen LogP contribution in [0.5, 0.6) is 0 Å². The average Bonchev–Trinajstić information content (AvgIpc) is 2.56. The maximum atomic E-state index is 12.3. The van der Waals surface area contributed by atoms with E-state index in [4.69, 9.17) is 0 Å². The van der Waals surface area contributed by atoms with Gasteiger partial charge in [0.1, 0.15) is 0 Å². The lowest BCUT2D eigenvalue weighted by Gasteiger charge is -2.21. The third kappa shape index (κ3) is 6.40. The lowest BCUT2D eigenvalue weighted by atomic mass is 9.97. The van der Waals surface area contributed by atoms with Gasteiger partial charge in [0.05, 0.1) is 6.04 Å². The zero-order valence-corrected chi connectivity index (χ0v) is 15.6. The zero-order chi connectivity index (χ0) is 17.4. The van der Waals surface area contributed by atoms with Crippen molar-refractivity contribution in [3.8, 4) is 0 Å². The standard InChI is InChI=1S/C21H27NOS/c1-16(2)15-20(18-7-5-4-6-8-18)22-21(23)13-14-24-19-11-9-17(3)10-12-19/h4-12,16,20H,13-15H2,1-3H3,(H,22,23). The Hall–Kier alpha value is -1.74. The van der Waals surface area contributed by atoms with Crippen molar-refractivity contribution in [1.82, 2.24) is 5.32 Å². The predicted octanol–water partition coefficient (Wildman–Crippen LogP) is 5.38. The number of thioether (sulfide) groups is 1. The highest BCUT2D eigenvalue weighted by Crippen LogP contribution is 2.22. The lowest BCUT2D eigenvalue weighted by Crippen LogP contribution is -2.29. The molecule has 128 valence electrons. The van der Waals surface area contributed by atoms with Gasteiger partial charge >= 0.3 is 0 Å². The van der Waals surface area contributed by atoms with E-state index in [-0.39, 0.29) is 11.9 Å². The fraction of sp³-hybridized carbons (Fsp3) is 0.381. The first-order valence-corrected chi connectivity index (χ1v) is 9.57. The van der Waals surface area contributed by atoms with Crippen LogP contribution in [0.1, 0.15) is 43.9 Å². The summed E-state index contributed by atoms with van der Waals surface area (Å²) in [6.07, 6.45) is 1.50. The normalized spacial score (nSPS) is 12.2. The maximum absolute atomic E-state index is 12.3. The highest BCUT2D eigenvalue weighted by atomic mass is 32.2. The average molecular weight is 342 g/mol. The van der Waals surface area contributed by atoms with E-state index in [0.717, 1.165) is 12.2 Å². The second kappa shape index (κ2) is 9.53. The molecule has 2 aromatic rings. The van der Waals surface area contributed by atoms with Crippen LogP contribution in [-0.4, -0.2) is 11.7 Å². The second-order valence-corrected chi connectivity index (χ2v) is 7.74. The number of aryl methyl sites for hydroxylation is 1. The summed E-state index contributed by atoms with van der Waals surface area (Å²) in [4.78, 5) is 13.5. The highest BCUT2D eigenvalue weighted by Gasteiger charge is 2.15. The van der Waals surface area contributed by atoms with Gasteiger partial charge in [0.15, 0.2) is 0 Å². The number of nitrogens with one attached hydrogen (secondary N) is 1. The van der Waals surface area contributed by atoms with Gasteiger partial charge in [-0.25, -0.2) is 0 Å². The minimum absolute atomic E-state index is 0.100. The molecule has 0 bridgehead atoms. The van der Waals surface area contributed by atoms with E-state index in [1.54, 1.807) is 11.8 Å². The Bertz CT molecular complexity index is 622. The van der Waals surface area contributed by atoms with Crippen LogP contribution in [0, 0.1) is 12.8 Å². The smallest absolute Gasteiger partial charge is 0.221 e. The summed E-state index contributed by atoms with van der Waals surface area (Å²) >= 11 is 1.73. The summed E-state index contributed by atoms with van der Waals surface area (Å²) < 4.78 is 0. The van der Waals surface area contributed by atoms with Gasteiger partial charge in [-0.3, -0.25) is 4.79 Å².